The van der Waals surface area contributed by atoms with Crippen LogP contribution >= 0.6 is 0 Å². The van der Waals surface area contributed by atoms with E-state index >= 15 is 0 Å². The average molecular weight is 335 g/mol. The van der Waals surface area contributed by atoms with Crippen molar-refractivity contribution in [2.24, 2.45) is 0 Å². The van der Waals surface area contributed by atoms with Crippen molar-refractivity contribution in [3.63, 3.8) is 0 Å². The number of unbranched alkanes of at least 4 members (excludes halogenated alkanes) is 7. The quantitative estimate of drug-likeness (QED) is 0.147. The van der Waals surface area contributed by atoms with Gasteiger partial charge in [0.1, 0.15) is 0 Å². The van der Waals surface area contributed by atoms with E-state index in [0.29, 0.717) is 6.42 Å². The molecule has 0 spiro atoms. The number of allylic oxidation sites excluding steroid dienone is 7. The molecule has 0 rings (SSSR count). The zero-order valence-electron chi connectivity index (χ0n) is 15.3. The van der Waals surface area contributed by atoms with Crippen molar-refractivity contribution >= 4 is 5.97 Å². The first kappa shape index (κ1) is 22.4. The number of hydrogen-bond acceptors (Lipinski definition) is 3. The van der Waals surface area contributed by atoms with Crippen LogP contribution in [0.15, 0.2) is 48.6 Å². The average Bonchev–Trinajstić information content (AvgIpc) is 2.58. The van der Waals surface area contributed by atoms with Crippen molar-refractivity contribution < 1.29 is 14.6 Å². The minimum Gasteiger partial charge on any atom is -0.433 e. The zero-order valence-corrected chi connectivity index (χ0v) is 15.3. The summed E-state index contributed by atoms with van der Waals surface area (Å²) in [4.78, 5) is 11.2. The highest BCUT2D eigenvalue weighted by Gasteiger charge is 2.03. The predicted molar refractivity (Wildman–Crippen MR) is 102 cm³/mol. The number of rotatable bonds is 14. The van der Waals surface area contributed by atoms with Gasteiger partial charge in [0.25, 0.3) is 0 Å². The largest absolute Gasteiger partial charge is 0.433 e. The Morgan fingerprint density at radius 1 is 0.875 bits per heavy atom. The van der Waals surface area contributed by atoms with Crippen LogP contribution in [0.4, 0.5) is 0 Å². The van der Waals surface area contributed by atoms with Crippen molar-refractivity contribution in [1.82, 2.24) is 0 Å². The maximum absolute atomic E-state index is 11.2. The Balaban J connectivity index is 3.61. The molecule has 24 heavy (non-hydrogen) atoms. The molecule has 0 fully saturated rings. The third-order valence-corrected chi connectivity index (χ3v) is 3.50. The molecule has 1 unspecified atom stereocenters. The summed E-state index contributed by atoms with van der Waals surface area (Å²) in [6.07, 6.45) is 24.5. The Morgan fingerprint density at radius 3 is 2.12 bits per heavy atom. The Hall–Kier alpha value is -1.61. The second-order valence-electron chi connectivity index (χ2n) is 5.77. The molecule has 0 aliphatic carbocycles. The summed E-state index contributed by atoms with van der Waals surface area (Å²) in [5.74, 6) is -0.535. The first-order valence-electron chi connectivity index (χ1n) is 9.25. The van der Waals surface area contributed by atoms with Crippen molar-refractivity contribution in [2.45, 2.75) is 77.9 Å². The fourth-order valence-electron chi connectivity index (χ4n) is 2.04. The third-order valence-electron chi connectivity index (χ3n) is 3.50. The molecule has 3 heteroatoms. The lowest BCUT2D eigenvalue weighted by Crippen LogP contribution is -2.14. The van der Waals surface area contributed by atoms with Gasteiger partial charge in [-0.3, -0.25) is 0 Å². The molecule has 0 aromatic heterocycles. The molecule has 0 aliphatic rings. The van der Waals surface area contributed by atoms with Crippen LogP contribution in [0.25, 0.3) is 0 Å². The van der Waals surface area contributed by atoms with Crippen LogP contribution in [-0.2, 0) is 9.53 Å². The van der Waals surface area contributed by atoms with Gasteiger partial charge in [-0.15, -0.1) is 0 Å². The van der Waals surface area contributed by atoms with Crippen molar-refractivity contribution in [3.8, 4) is 0 Å². The van der Waals surface area contributed by atoms with Gasteiger partial charge in [0.15, 0.2) is 0 Å². The fourth-order valence-corrected chi connectivity index (χ4v) is 2.04. The number of aliphatic hydroxyl groups excluding tert-OH is 1. The maximum Gasteiger partial charge on any atom is 0.333 e. The molecular weight excluding hydrogens is 300 g/mol. The van der Waals surface area contributed by atoms with Crippen molar-refractivity contribution in [2.75, 3.05) is 0 Å². The number of carbonyl (C=O) groups is 1. The molecule has 0 radical (unpaired) electrons. The lowest BCUT2D eigenvalue weighted by Gasteiger charge is -2.06. The Morgan fingerprint density at radius 2 is 1.46 bits per heavy atom. The minimum absolute atomic E-state index is 0.392. The highest BCUT2D eigenvalue weighted by atomic mass is 16.6. The summed E-state index contributed by atoms with van der Waals surface area (Å²) in [7, 11) is 0. The SMILES string of the molecule is CCCCCCCCCC=CC=CC=CC=CC(=O)OC(O)CC. The van der Waals surface area contributed by atoms with E-state index in [-0.39, 0.29) is 0 Å². The van der Waals surface area contributed by atoms with Gasteiger partial charge in [0.05, 0.1) is 0 Å². The second-order valence-corrected chi connectivity index (χ2v) is 5.77. The van der Waals surface area contributed by atoms with Crippen LogP contribution in [-0.4, -0.2) is 17.4 Å². The highest BCUT2D eigenvalue weighted by molar-refractivity contribution is 5.82. The molecule has 0 bridgehead atoms. The summed E-state index contributed by atoms with van der Waals surface area (Å²) in [5.41, 5.74) is 0. The molecule has 0 aromatic carbocycles. The lowest BCUT2D eigenvalue weighted by atomic mass is 10.1. The Bertz CT molecular complexity index is 405. The molecule has 136 valence electrons. The van der Waals surface area contributed by atoms with Crippen molar-refractivity contribution in [1.29, 1.82) is 0 Å². The molecule has 1 N–H and O–H groups in total. The van der Waals surface area contributed by atoms with Gasteiger partial charge >= 0.3 is 5.97 Å². The van der Waals surface area contributed by atoms with Gasteiger partial charge in [0, 0.05) is 12.5 Å². The van der Waals surface area contributed by atoms with Crippen LogP contribution in [0.3, 0.4) is 0 Å². The topological polar surface area (TPSA) is 46.5 Å². The standard InChI is InChI=1S/C21H34O3/c1-3-5-6-7-8-9-10-11-12-13-14-15-16-17-18-19-21(23)24-20(22)4-2/h12-20,22H,3-11H2,1-2H3. The van der Waals surface area contributed by atoms with E-state index < -0.39 is 12.3 Å². The molecular formula is C21H34O3. The zero-order chi connectivity index (χ0) is 17.9. The van der Waals surface area contributed by atoms with Crippen LogP contribution in [0, 0.1) is 0 Å². The highest BCUT2D eigenvalue weighted by Crippen LogP contribution is 2.08. The van der Waals surface area contributed by atoms with Gasteiger partial charge in [-0.25, -0.2) is 4.79 Å². The van der Waals surface area contributed by atoms with E-state index in [1.807, 2.05) is 18.2 Å². The van der Waals surface area contributed by atoms with E-state index in [1.165, 1.54) is 51.0 Å². The van der Waals surface area contributed by atoms with Crippen molar-refractivity contribution in [3.05, 3.63) is 48.6 Å². The number of aliphatic hydroxyl groups is 1. The minimum atomic E-state index is -1.02. The molecule has 0 heterocycles. The molecule has 0 saturated heterocycles. The summed E-state index contributed by atoms with van der Waals surface area (Å²) in [5, 5.41) is 9.14. The van der Waals surface area contributed by atoms with Gasteiger partial charge in [-0.1, -0.05) is 94.9 Å². The Labute approximate surface area is 147 Å². The summed E-state index contributed by atoms with van der Waals surface area (Å²) < 4.78 is 4.69. The molecule has 3 nitrogen and oxygen atoms in total. The molecule has 0 aromatic rings. The summed E-state index contributed by atoms with van der Waals surface area (Å²) >= 11 is 0. The molecule has 0 saturated carbocycles. The third kappa shape index (κ3) is 16.8. The van der Waals surface area contributed by atoms with E-state index in [4.69, 9.17) is 5.11 Å². The number of esters is 1. The van der Waals surface area contributed by atoms with Crippen LogP contribution in [0.2, 0.25) is 0 Å². The van der Waals surface area contributed by atoms with Crippen LogP contribution in [0.5, 0.6) is 0 Å². The molecule has 1 atom stereocenters. The van der Waals surface area contributed by atoms with E-state index in [0.717, 1.165) is 6.42 Å². The number of ether oxygens (including phenoxy) is 1. The number of carbonyl (C=O) groups excluding carboxylic acids is 1. The molecule has 0 aliphatic heterocycles. The first-order valence-corrected chi connectivity index (χ1v) is 9.25. The molecule has 0 amide bonds. The normalized spacial score (nSPS) is 13.6. The monoisotopic (exact) mass is 334 g/mol. The maximum atomic E-state index is 11.2. The predicted octanol–water partition coefficient (Wildman–Crippen LogP) is 5.62. The fraction of sp³-hybridized carbons (Fsp3) is 0.571. The smallest absolute Gasteiger partial charge is 0.333 e. The van der Waals surface area contributed by atoms with Gasteiger partial charge < -0.3 is 9.84 Å². The lowest BCUT2D eigenvalue weighted by molar-refractivity contribution is -0.161. The van der Waals surface area contributed by atoms with Gasteiger partial charge in [-0.05, 0) is 12.8 Å². The van der Waals surface area contributed by atoms with E-state index in [2.05, 4.69) is 23.8 Å². The van der Waals surface area contributed by atoms with Gasteiger partial charge in [-0.2, -0.15) is 0 Å². The summed E-state index contributed by atoms with van der Waals surface area (Å²) in [6, 6.07) is 0. The van der Waals surface area contributed by atoms with E-state index in [9.17, 15) is 4.79 Å². The summed E-state index contributed by atoms with van der Waals surface area (Å²) in [6.45, 7) is 3.99. The van der Waals surface area contributed by atoms with Crippen LogP contribution in [0.1, 0.15) is 71.6 Å². The van der Waals surface area contributed by atoms with E-state index in [1.54, 1.807) is 19.1 Å². The number of hydrogen-bond donors (Lipinski definition) is 1. The second kappa shape index (κ2) is 17.7. The van der Waals surface area contributed by atoms with Crippen LogP contribution < -0.4 is 0 Å². The van der Waals surface area contributed by atoms with Gasteiger partial charge in [0.2, 0.25) is 6.29 Å². The first-order chi connectivity index (χ1) is 11.7. The Kier molecular flexibility index (Phi) is 16.5.